The lowest BCUT2D eigenvalue weighted by Crippen LogP contribution is -2.25. The van der Waals surface area contributed by atoms with Crippen LogP contribution < -0.4 is 4.72 Å². The van der Waals surface area contributed by atoms with Crippen molar-refractivity contribution in [2.24, 2.45) is 0 Å². The van der Waals surface area contributed by atoms with Crippen LogP contribution in [-0.4, -0.2) is 19.8 Å². The van der Waals surface area contributed by atoms with Gasteiger partial charge < -0.3 is 0 Å². The van der Waals surface area contributed by atoms with E-state index in [-0.39, 0.29) is 9.92 Å². The monoisotopic (exact) mass is 373 g/mol. The fourth-order valence-corrected chi connectivity index (χ4v) is 3.10. The number of nitrogens with one attached hydrogen (secondary N) is 1. The maximum atomic E-state index is 11.9. The third-order valence-corrected chi connectivity index (χ3v) is 4.93. The van der Waals surface area contributed by atoms with E-state index < -0.39 is 10.0 Å². The molecule has 18 heavy (non-hydrogen) atoms. The summed E-state index contributed by atoms with van der Waals surface area (Å²) in [6.45, 7) is 2.42. The molecule has 0 fully saturated rings. The number of hydrogen-bond acceptors (Lipinski definition) is 2. The highest BCUT2D eigenvalue weighted by molar-refractivity contribution is 9.09. The Bertz CT molecular complexity index is 506. The number of sulfonamides is 1. The highest BCUT2D eigenvalue weighted by Crippen LogP contribution is 2.24. The molecule has 102 valence electrons. The van der Waals surface area contributed by atoms with Gasteiger partial charge >= 0.3 is 0 Å². The van der Waals surface area contributed by atoms with E-state index in [0.29, 0.717) is 16.4 Å². The molecule has 3 nitrogen and oxygen atoms in total. The first-order valence-electron chi connectivity index (χ1n) is 5.41. The van der Waals surface area contributed by atoms with Crippen molar-refractivity contribution in [3.05, 3.63) is 28.2 Å². The van der Waals surface area contributed by atoms with Gasteiger partial charge in [0.05, 0.1) is 14.9 Å². The van der Waals surface area contributed by atoms with Crippen LogP contribution in [0.25, 0.3) is 0 Å². The van der Waals surface area contributed by atoms with E-state index >= 15 is 0 Å². The summed E-state index contributed by atoms with van der Waals surface area (Å²) >= 11 is 14.9. The zero-order valence-corrected chi connectivity index (χ0v) is 13.7. The molecule has 1 aromatic carbocycles. The normalized spacial score (nSPS) is 13.6. The standard InChI is InChI=1S/C11H14BrCl2NO2S/c1-8(12)3-2-6-15-18(16,17)9-4-5-10(13)11(14)7-9/h4-5,7-8,15H,2-3,6H2,1H3. The molecule has 0 radical (unpaired) electrons. The molecule has 1 unspecified atom stereocenters. The molecule has 0 saturated heterocycles. The van der Waals surface area contributed by atoms with Crippen LogP contribution in [0.15, 0.2) is 23.1 Å². The minimum atomic E-state index is -3.51. The smallest absolute Gasteiger partial charge is 0.211 e. The second kappa shape index (κ2) is 7.10. The Morgan fingerprint density at radius 1 is 1.33 bits per heavy atom. The van der Waals surface area contributed by atoms with Crippen molar-refractivity contribution in [2.45, 2.75) is 29.5 Å². The van der Waals surface area contributed by atoms with Gasteiger partial charge in [-0.1, -0.05) is 46.1 Å². The molecule has 1 aromatic rings. The number of benzene rings is 1. The van der Waals surface area contributed by atoms with E-state index in [1.807, 2.05) is 6.92 Å². The highest BCUT2D eigenvalue weighted by atomic mass is 79.9. The van der Waals surface area contributed by atoms with Gasteiger partial charge in [-0.3, -0.25) is 0 Å². The molecule has 0 spiro atoms. The quantitative estimate of drug-likeness (QED) is 0.607. The lowest BCUT2D eigenvalue weighted by atomic mass is 10.2. The summed E-state index contributed by atoms with van der Waals surface area (Å²) in [6, 6.07) is 4.25. The van der Waals surface area contributed by atoms with Crippen LogP contribution in [0.3, 0.4) is 0 Å². The maximum absolute atomic E-state index is 11.9. The van der Waals surface area contributed by atoms with E-state index in [9.17, 15) is 8.42 Å². The Kier molecular flexibility index (Phi) is 6.41. The van der Waals surface area contributed by atoms with Gasteiger partial charge in [0.2, 0.25) is 10.0 Å². The number of hydrogen-bond donors (Lipinski definition) is 1. The largest absolute Gasteiger partial charge is 0.240 e. The predicted molar refractivity (Wildman–Crippen MR) is 79.3 cm³/mol. The van der Waals surface area contributed by atoms with Gasteiger partial charge in [0.1, 0.15) is 0 Å². The van der Waals surface area contributed by atoms with Crippen LogP contribution in [-0.2, 0) is 10.0 Å². The Labute approximate surface area is 126 Å². The summed E-state index contributed by atoms with van der Waals surface area (Å²) in [7, 11) is -3.51. The van der Waals surface area contributed by atoms with Crippen LogP contribution >= 0.6 is 39.1 Å². The summed E-state index contributed by atoms with van der Waals surface area (Å²) in [5.41, 5.74) is 0. The molecule has 0 heterocycles. The van der Waals surface area contributed by atoms with Crippen LogP contribution in [0.4, 0.5) is 0 Å². The molecule has 7 heteroatoms. The molecular formula is C11H14BrCl2NO2S. The van der Waals surface area contributed by atoms with Gasteiger partial charge in [-0.05, 0) is 31.0 Å². The Morgan fingerprint density at radius 2 is 2.00 bits per heavy atom. The van der Waals surface area contributed by atoms with Crippen molar-refractivity contribution in [3.8, 4) is 0 Å². The lowest BCUT2D eigenvalue weighted by molar-refractivity contribution is 0.577. The van der Waals surface area contributed by atoms with Gasteiger partial charge in [0.25, 0.3) is 0 Å². The molecule has 0 amide bonds. The molecule has 1 rings (SSSR count). The highest BCUT2D eigenvalue weighted by Gasteiger charge is 2.14. The Balaban J connectivity index is 2.66. The van der Waals surface area contributed by atoms with Crippen molar-refractivity contribution in [1.29, 1.82) is 0 Å². The SMILES string of the molecule is CC(Br)CCCNS(=O)(=O)c1ccc(Cl)c(Cl)c1. The second-order valence-electron chi connectivity index (χ2n) is 3.90. The van der Waals surface area contributed by atoms with Gasteiger partial charge in [-0.15, -0.1) is 0 Å². The topological polar surface area (TPSA) is 46.2 Å². The van der Waals surface area contributed by atoms with Crippen LogP contribution in [0, 0.1) is 0 Å². The van der Waals surface area contributed by atoms with E-state index in [2.05, 4.69) is 20.7 Å². The Morgan fingerprint density at radius 3 is 2.56 bits per heavy atom. The predicted octanol–water partition coefficient (Wildman–Crippen LogP) is 3.84. The molecule has 1 N–H and O–H groups in total. The lowest BCUT2D eigenvalue weighted by Gasteiger charge is -2.08. The molecule has 0 saturated carbocycles. The van der Waals surface area contributed by atoms with Crippen molar-refractivity contribution in [3.63, 3.8) is 0 Å². The minimum Gasteiger partial charge on any atom is -0.211 e. The first kappa shape index (κ1) is 16.2. The van der Waals surface area contributed by atoms with E-state index in [4.69, 9.17) is 23.2 Å². The molecule has 0 aliphatic heterocycles. The summed E-state index contributed by atoms with van der Waals surface area (Å²) in [6.07, 6.45) is 1.68. The van der Waals surface area contributed by atoms with Crippen molar-refractivity contribution in [2.75, 3.05) is 6.54 Å². The summed E-state index contributed by atoms with van der Waals surface area (Å²) < 4.78 is 26.4. The fraction of sp³-hybridized carbons (Fsp3) is 0.455. The first-order valence-corrected chi connectivity index (χ1v) is 8.57. The average molecular weight is 375 g/mol. The average Bonchev–Trinajstić information content (AvgIpc) is 2.28. The fourth-order valence-electron chi connectivity index (χ4n) is 1.32. The van der Waals surface area contributed by atoms with Gasteiger partial charge in [-0.2, -0.15) is 0 Å². The van der Waals surface area contributed by atoms with Gasteiger partial charge in [-0.25, -0.2) is 13.1 Å². The third-order valence-electron chi connectivity index (χ3n) is 2.27. The maximum Gasteiger partial charge on any atom is 0.240 e. The Hall–Kier alpha value is 0.190. The van der Waals surface area contributed by atoms with Crippen molar-refractivity contribution < 1.29 is 8.42 Å². The number of rotatable bonds is 6. The summed E-state index contributed by atoms with van der Waals surface area (Å²) in [5, 5.41) is 0.567. The molecule has 1 atom stereocenters. The zero-order valence-electron chi connectivity index (χ0n) is 9.79. The van der Waals surface area contributed by atoms with Crippen LogP contribution in [0.2, 0.25) is 10.0 Å². The second-order valence-corrected chi connectivity index (χ2v) is 8.04. The molecule has 0 aliphatic rings. The molecule has 0 aromatic heterocycles. The van der Waals surface area contributed by atoms with Crippen LogP contribution in [0.5, 0.6) is 0 Å². The minimum absolute atomic E-state index is 0.129. The molecule has 0 aliphatic carbocycles. The summed E-state index contributed by atoms with van der Waals surface area (Å²) in [4.78, 5) is 0.510. The third kappa shape index (κ3) is 5.05. The number of alkyl halides is 1. The van der Waals surface area contributed by atoms with Gasteiger partial charge in [0, 0.05) is 11.4 Å². The van der Waals surface area contributed by atoms with Crippen molar-refractivity contribution in [1.82, 2.24) is 4.72 Å². The van der Waals surface area contributed by atoms with Gasteiger partial charge in [0.15, 0.2) is 0 Å². The van der Waals surface area contributed by atoms with Crippen molar-refractivity contribution >= 4 is 49.2 Å². The number of halogens is 3. The van der Waals surface area contributed by atoms with E-state index in [1.165, 1.54) is 18.2 Å². The van der Waals surface area contributed by atoms with E-state index in [1.54, 1.807) is 0 Å². The molecule has 0 bridgehead atoms. The van der Waals surface area contributed by atoms with Crippen LogP contribution in [0.1, 0.15) is 19.8 Å². The summed E-state index contributed by atoms with van der Waals surface area (Å²) in [5.74, 6) is 0. The molecular weight excluding hydrogens is 361 g/mol. The van der Waals surface area contributed by atoms with E-state index in [0.717, 1.165) is 12.8 Å². The first-order chi connectivity index (χ1) is 8.33. The zero-order chi connectivity index (χ0) is 13.8.